The van der Waals surface area contributed by atoms with Gasteiger partial charge < -0.3 is 14.4 Å². The quantitative estimate of drug-likeness (QED) is 0.760. The van der Waals surface area contributed by atoms with Gasteiger partial charge >= 0.3 is 0 Å². The lowest BCUT2D eigenvalue weighted by molar-refractivity contribution is 0.218. The van der Waals surface area contributed by atoms with Crippen LogP contribution in [0.3, 0.4) is 0 Å². The van der Waals surface area contributed by atoms with Crippen molar-refractivity contribution in [2.45, 2.75) is 12.6 Å². The Labute approximate surface area is 150 Å². The molecule has 128 valence electrons. The smallest absolute Gasteiger partial charge is 0.250 e. The lowest BCUT2D eigenvalue weighted by Crippen LogP contribution is -2.20. The Kier molecular flexibility index (Phi) is 5.22. The number of aliphatic hydroxyl groups excluding tert-OH is 1. The van der Waals surface area contributed by atoms with Crippen molar-refractivity contribution in [2.75, 3.05) is 7.11 Å². The third kappa shape index (κ3) is 4.10. The molecule has 0 aliphatic carbocycles. The molecule has 1 N–H and O–H groups in total. The summed E-state index contributed by atoms with van der Waals surface area (Å²) in [4.78, 5) is 12.1. The highest BCUT2D eigenvalue weighted by Crippen LogP contribution is 2.24. The Hall–Kier alpha value is -2.56. The van der Waals surface area contributed by atoms with E-state index in [0.29, 0.717) is 28.4 Å². The Bertz CT molecular complexity index is 919. The number of aromatic nitrogens is 1. The fraction of sp³-hybridized carbons (Fsp3) is 0.150. The number of hydrogen-bond donors (Lipinski definition) is 1. The molecule has 25 heavy (non-hydrogen) atoms. The van der Waals surface area contributed by atoms with Crippen LogP contribution >= 0.6 is 11.6 Å². The molecule has 4 nitrogen and oxygen atoms in total. The third-order valence-corrected chi connectivity index (χ3v) is 4.25. The van der Waals surface area contributed by atoms with Crippen LogP contribution in [0.5, 0.6) is 5.75 Å². The van der Waals surface area contributed by atoms with E-state index >= 15 is 0 Å². The lowest BCUT2D eigenvalue weighted by atomic mass is 10.0. The summed E-state index contributed by atoms with van der Waals surface area (Å²) in [5.41, 5.74) is 2.17. The lowest BCUT2D eigenvalue weighted by Gasteiger charge is -2.15. The van der Waals surface area contributed by atoms with Gasteiger partial charge in [0.15, 0.2) is 0 Å². The summed E-state index contributed by atoms with van der Waals surface area (Å²) in [6.07, 6.45) is 0.841. The summed E-state index contributed by atoms with van der Waals surface area (Å²) in [5.74, 6) is 0.672. The number of rotatable bonds is 5. The molecule has 1 heterocycles. The fourth-order valence-electron chi connectivity index (χ4n) is 2.63. The molecule has 1 aromatic heterocycles. The summed E-state index contributed by atoms with van der Waals surface area (Å²) < 4.78 is 6.77. The highest BCUT2D eigenvalue weighted by molar-refractivity contribution is 6.30. The van der Waals surface area contributed by atoms with E-state index in [-0.39, 0.29) is 5.56 Å². The molecule has 1 unspecified atom stereocenters. The van der Waals surface area contributed by atoms with Gasteiger partial charge in [0.05, 0.1) is 13.7 Å². The number of halogens is 1. The standard InChI is InChI=1S/C20H18ClNO3/c1-25-18-4-2-3-15(11-18)20(24)16-7-10-19(23)22(13-16)12-14-5-8-17(21)9-6-14/h2-11,13,20,24H,12H2,1H3. The van der Waals surface area contributed by atoms with Crippen LogP contribution in [0.1, 0.15) is 22.8 Å². The average Bonchev–Trinajstić information content (AvgIpc) is 2.65. The van der Waals surface area contributed by atoms with Crippen molar-refractivity contribution < 1.29 is 9.84 Å². The number of pyridine rings is 1. The summed E-state index contributed by atoms with van der Waals surface area (Å²) >= 11 is 5.89. The maximum atomic E-state index is 12.1. The van der Waals surface area contributed by atoms with Gasteiger partial charge in [-0.05, 0) is 41.5 Å². The van der Waals surface area contributed by atoms with E-state index in [1.54, 1.807) is 42.1 Å². The van der Waals surface area contributed by atoms with Crippen LogP contribution in [-0.2, 0) is 6.54 Å². The minimum Gasteiger partial charge on any atom is -0.497 e. The Morgan fingerprint density at radius 3 is 2.56 bits per heavy atom. The second kappa shape index (κ2) is 7.55. The largest absolute Gasteiger partial charge is 0.497 e. The fourth-order valence-corrected chi connectivity index (χ4v) is 2.75. The van der Waals surface area contributed by atoms with E-state index in [4.69, 9.17) is 16.3 Å². The van der Waals surface area contributed by atoms with E-state index in [9.17, 15) is 9.90 Å². The molecule has 0 amide bonds. The molecular formula is C20H18ClNO3. The van der Waals surface area contributed by atoms with Crippen molar-refractivity contribution in [1.82, 2.24) is 4.57 Å². The van der Waals surface area contributed by atoms with Gasteiger partial charge in [-0.1, -0.05) is 35.9 Å². The summed E-state index contributed by atoms with van der Waals surface area (Å²) in [6.45, 7) is 0.411. The van der Waals surface area contributed by atoms with Crippen LogP contribution in [-0.4, -0.2) is 16.8 Å². The summed E-state index contributed by atoms with van der Waals surface area (Å²) in [7, 11) is 1.58. The summed E-state index contributed by atoms with van der Waals surface area (Å²) in [6, 6.07) is 17.7. The number of nitrogens with zero attached hydrogens (tertiary/aromatic N) is 1. The zero-order chi connectivity index (χ0) is 17.8. The number of hydrogen-bond acceptors (Lipinski definition) is 3. The molecule has 0 bridgehead atoms. The van der Waals surface area contributed by atoms with E-state index in [1.807, 2.05) is 30.3 Å². The van der Waals surface area contributed by atoms with Crippen LogP contribution in [0.2, 0.25) is 5.02 Å². The van der Waals surface area contributed by atoms with Crippen LogP contribution in [0.4, 0.5) is 0 Å². The first-order valence-electron chi connectivity index (χ1n) is 7.83. The molecule has 2 aromatic carbocycles. The molecule has 0 saturated carbocycles. The topological polar surface area (TPSA) is 51.5 Å². The number of benzene rings is 2. The normalized spacial score (nSPS) is 12.0. The van der Waals surface area contributed by atoms with Gasteiger partial charge in [0.1, 0.15) is 11.9 Å². The van der Waals surface area contributed by atoms with Gasteiger partial charge in [0, 0.05) is 22.8 Å². The van der Waals surface area contributed by atoms with Crippen molar-refractivity contribution >= 4 is 11.6 Å². The summed E-state index contributed by atoms with van der Waals surface area (Å²) in [5, 5.41) is 11.3. The molecule has 0 spiro atoms. The Morgan fingerprint density at radius 2 is 1.84 bits per heavy atom. The van der Waals surface area contributed by atoms with Gasteiger partial charge in [-0.15, -0.1) is 0 Å². The van der Waals surface area contributed by atoms with Gasteiger partial charge in [0.25, 0.3) is 5.56 Å². The van der Waals surface area contributed by atoms with Crippen molar-refractivity contribution in [3.05, 3.63) is 98.9 Å². The molecule has 0 aliphatic rings. The maximum Gasteiger partial charge on any atom is 0.250 e. The molecule has 3 aromatic rings. The van der Waals surface area contributed by atoms with Crippen molar-refractivity contribution in [2.24, 2.45) is 0 Å². The number of aliphatic hydroxyl groups is 1. The van der Waals surface area contributed by atoms with Crippen molar-refractivity contribution in [3.8, 4) is 5.75 Å². The second-order valence-corrected chi connectivity index (χ2v) is 6.17. The Balaban J connectivity index is 1.90. The van der Waals surface area contributed by atoms with Crippen molar-refractivity contribution in [3.63, 3.8) is 0 Å². The minimum absolute atomic E-state index is 0.128. The van der Waals surface area contributed by atoms with Crippen molar-refractivity contribution in [1.29, 1.82) is 0 Å². The van der Waals surface area contributed by atoms with Gasteiger partial charge in [-0.25, -0.2) is 0 Å². The zero-order valence-corrected chi connectivity index (χ0v) is 14.5. The SMILES string of the molecule is COc1cccc(C(O)c2ccc(=O)n(Cc3ccc(Cl)cc3)c2)c1. The van der Waals surface area contributed by atoms with E-state index in [0.717, 1.165) is 5.56 Å². The van der Waals surface area contributed by atoms with Crippen LogP contribution < -0.4 is 10.3 Å². The molecule has 1 atom stereocenters. The van der Waals surface area contributed by atoms with Crippen LogP contribution in [0, 0.1) is 0 Å². The van der Waals surface area contributed by atoms with Crippen LogP contribution in [0.15, 0.2) is 71.7 Å². The minimum atomic E-state index is -0.841. The molecular weight excluding hydrogens is 338 g/mol. The predicted molar refractivity (Wildman–Crippen MR) is 98.3 cm³/mol. The average molecular weight is 356 g/mol. The number of ether oxygens (including phenoxy) is 1. The number of methoxy groups -OCH3 is 1. The highest BCUT2D eigenvalue weighted by atomic mass is 35.5. The third-order valence-electron chi connectivity index (χ3n) is 4.00. The molecule has 3 rings (SSSR count). The van der Waals surface area contributed by atoms with Gasteiger partial charge in [0.2, 0.25) is 0 Å². The first-order valence-corrected chi connectivity index (χ1v) is 8.21. The van der Waals surface area contributed by atoms with Gasteiger partial charge in [-0.2, -0.15) is 0 Å². The molecule has 0 aliphatic heterocycles. The molecule has 0 radical (unpaired) electrons. The molecule has 5 heteroatoms. The zero-order valence-electron chi connectivity index (χ0n) is 13.7. The molecule has 0 fully saturated rings. The van der Waals surface area contributed by atoms with E-state index in [1.165, 1.54) is 6.07 Å². The second-order valence-electron chi connectivity index (χ2n) is 5.73. The van der Waals surface area contributed by atoms with Crippen LogP contribution in [0.25, 0.3) is 0 Å². The monoisotopic (exact) mass is 355 g/mol. The first-order chi connectivity index (χ1) is 12.1. The Morgan fingerprint density at radius 1 is 1.08 bits per heavy atom. The molecule has 0 saturated heterocycles. The maximum absolute atomic E-state index is 12.1. The predicted octanol–water partition coefficient (Wildman–Crippen LogP) is 3.64. The first kappa shape index (κ1) is 17.3. The van der Waals surface area contributed by atoms with Gasteiger partial charge in [-0.3, -0.25) is 4.79 Å². The van der Waals surface area contributed by atoms with E-state index < -0.39 is 6.10 Å². The highest BCUT2D eigenvalue weighted by Gasteiger charge is 2.13. The van der Waals surface area contributed by atoms with E-state index in [2.05, 4.69) is 0 Å².